The van der Waals surface area contributed by atoms with E-state index in [1.807, 2.05) is 24.8 Å². The number of carbonyl (C=O) groups excluding carboxylic acids is 1. The first-order valence-electron chi connectivity index (χ1n) is 10.0. The Bertz CT molecular complexity index is 1040. The summed E-state index contributed by atoms with van der Waals surface area (Å²) in [7, 11) is -3.67. The van der Waals surface area contributed by atoms with Crippen LogP contribution in [-0.2, 0) is 10.0 Å². The number of nitrogens with one attached hydrogen (secondary N) is 1. The van der Waals surface area contributed by atoms with Gasteiger partial charge in [0.1, 0.15) is 0 Å². The van der Waals surface area contributed by atoms with Crippen molar-refractivity contribution in [1.29, 1.82) is 5.26 Å². The van der Waals surface area contributed by atoms with Gasteiger partial charge in [0.2, 0.25) is 10.0 Å². The molecule has 0 unspecified atom stereocenters. The molecule has 0 aliphatic carbocycles. The summed E-state index contributed by atoms with van der Waals surface area (Å²) in [6.45, 7) is 9.68. The summed E-state index contributed by atoms with van der Waals surface area (Å²) in [6.07, 6.45) is 0. The number of nitrogens with zero attached hydrogens (tertiary/aromatic N) is 3. The molecule has 0 atom stereocenters. The van der Waals surface area contributed by atoms with Crippen LogP contribution in [0.4, 0.5) is 11.4 Å². The first kappa shape index (κ1) is 23.4. The molecule has 8 heteroatoms. The Hall–Kier alpha value is -2.89. The highest BCUT2D eigenvalue weighted by atomic mass is 32.2. The van der Waals surface area contributed by atoms with E-state index >= 15 is 0 Å². The molecule has 2 aromatic rings. The Labute approximate surface area is 179 Å². The molecule has 2 rings (SSSR count). The second-order valence-electron chi connectivity index (χ2n) is 6.59. The van der Waals surface area contributed by atoms with E-state index in [1.54, 1.807) is 44.2 Å². The Morgan fingerprint density at radius 3 is 2.23 bits per heavy atom. The lowest BCUT2D eigenvalue weighted by Crippen LogP contribution is -2.31. The molecule has 0 aliphatic rings. The number of amides is 1. The van der Waals surface area contributed by atoms with Crippen LogP contribution in [0.2, 0.25) is 0 Å². The number of carbonyl (C=O) groups is 1. The van der Waals surface area contributed by atoms with Crippen LogP contribution in [0.25, 0.3) is 0 Å². The number of hydrogen-bond acceptors (Lipinski definition) is 5. The van der Waals surface area contributed by atoms with E-state index in [4.69, 9.17) is 5.26 Å². The van der Waals surface area contributed by atoms with Crippen molar-refractivity contribution in [2.45, 2.75) is 32.6 Å². The largest absolute Gasteiger partial charge is 0.370 e. The van der Waals surface area contributed by atoms with Crippen molar-refractivity contribution >= 4 is 27.3 Å². The van der Waals surface area contributed by atoms with Gasteiger partial charge in [0.05, 0.1) is 27.9 Å². The number of hydrogen-bond donors (Lipinski definition) is 1. The summed E-state index contributed by atoms with van der Waals surface area (Å²) in [6, 6.07) is 13.2. The molecule has 0 aliphatic heterocycles. The zero-order chi connectivity index (χ0) is 22.3. The summed E-state index contributed by atoms with van der Waals surface area (Å²) in [5, 5.41) is 11.9. The highest BCUT2D eigenvalue weighted by molar-refractivity contribution is 7.89. The van der Waals surface area contributed by atoms with Crippen molar-refractivity contribution in [3.63, 3.8) is 0 Å². The van der Waals surface area contributed by atoms with Crippen LogP contribution in [0.1, 0.15) is 43.6 Å². The summed E-state index contributed by atoms with van der Waals surface area (Å²) < 4.78 is 27.3. The Morgan fingerprint density at radius 1 is 1.00 bits per heavy atom. The summed E-state index contributed by atoms with van der Waals surface area (Å²) in [5.41, 5.74) is 1.86. The lowest BCUT2D eigenvalue weighted by atomic mass is 10.1. The Balaban J connectivity index is 2.53. The highest BCUT2D eigenvalue weighted by Crippen LogP contribution is 2.30. The van der Waals surface area contributed by atoms with Gasteiger partial charge in [0, 0.05) is 31.7 Å². The maximum Gasteiger partial charge on any atom is 0.255 e. The van der Waals surface area contributed by atoms with Crippen LogP contribution in [0, 0.1) is 11.3 Å². The van der Waals surface area contributed by atoms with E-state index in [1.165, 1.54) is 16.4 Å². The van der Waals surface area contributed by atoms with Crippen molar-refractivity contribution < 1.29 is 13.2 Å². The molecule has 0 heterocycles. The fraction of sp³-hybridized carbons (Fsp3) is 0.364. The molecule has 0 spiro atoms. The average Bonchev–Trinajstić information content (AvgIpc) is 2.76. The molecule has 1 N–H and O–H groups in total. The molecule has 0 bridgehead atoms. The lowest BCUT2D eigenvalue weighted by molar-refractivity contribution is 0.102. The van der Waals surface area contributed by atoms with Crippen LogP contribution in [0.3, 0.4) is 0 Å². The Morgan fingerprint density at radius 2 is 1.67 bits per heavy atom. The first-order valence-corrected chi connectivity index (χ1v) is 11.5. The SMILES string of the molecule is CCN(CC)c1ccc(S(=O)(=O)N(CC)CC)cc1NC(=O)c1cccc(C#N)c1. The predicted molar refractivity (Wildman–Crippen MR) is 119 cm³/mol. The minimum atomic E-state index is -3.67. The van der Waals surface area contributed by atoms with Crippen molar-refractivity contribution in [3.8, 4) is 6.07 Å². The van der Waals surface area contributed by atoms with Gasteiger partial charge in [0.15, 0.2) is 0 Å². The molecular formula is C22H28N4O3S. The van der Waals surface area contributed by atoms with Gasteiger partial charge < -0.3 is 10.2 Å². The van der Waals surface area contributed by atoms with Crippen LogP contribution in [0.5, 0.6) is 0 Å². The maximum atomic E-state index is 13.0. The van der Waals surface area contributed by atoms with E-state index in [0.29, 0.717) is 43.0 Å². The molecule has 0 radical (unpaired) electrons. The van der Waals surface area contributed by atoms with Crippen LogP contribution in [0.15, 0.2) is 47.4 Å². The number of sulfonamides is 1. The molecule has 1 amide bonds. The van der Waals surface area contributed by atoms with Gasteiger partial charge in [-0.15, -0.1) is 0 Å². The molecular weight excluding hydrogens is 400 g/mol. The van der Waals surface area contributed by atoms with E-state index in [0.717, 1.165) is 5.69 Å². The van der Waals surface area contributed by atoms with Gasteiger partial charge in [0.25, 0.3) is 5.91 Å². The molecule has 0 aromatic heterocycles. The van der Waals surface area contributed by atoms with Gasteiger partial charge in [-0.3, -0.25) is 4.79 Å². The number of benzene rings is 2. The van der Waals surface area contributed by atoms with Gasteiger partial charge in [-0.25, -0.2) is 8.42 Å². The molecule has 160 valence electrons. The Kier molecular flexibility index (Phi) is 7.98. The second-order valence-corrected chi connectivity index (χ2v) is 8.53. The topological polar surface area (TPSA) is 93.5 Å². The third kappa shape index (κ3) is 4.99. The highest BCUT2D eigenvalue weighted by Gasteiger charge is 2.24. The maximum absolute atomic E-state index is 13.0. The molecule has 0 saturated heterocycles. The molecule has 0 fully saturated rings. The zero-order valence-corrected chi connectivity index (χ0v) is 18.7. The van der Waals surface area contributed by atoms with Crippen molar-refractivity contribution in [1.82, 2.24) is 4.31 Å². The van der Waals surface area contributed by atoms with Crippen molar-refractivity contribution in [2.24, 2.45) is 0 Å². The zero-order valence-electron chi connectivity index (χ0n) is 17.8. The third-order valence-electron chi connectivity index (χ3n) is 4.92. The monoisotopic (exact) mass is 428 g/mol. The lowest BCUT2D eigenvalue weighted by Gasteiger charge is -2.26. The summed E-state index contributed by atoms with van der Waals surface area (Å²) in [4.78, 5) is 15.0. The van der Waals surface area contributed by atoms with Gasteiger partial charge in [-0.2, -0.15) is 9.57 Å². The van der Waals surface area contributed by atoms with Crippen molar-refractivity contribution in [3.05, 3.63) is 53.6 Å². The first-order chi connectivity index (χ1) is 14.3. The normalized spacial score (nSPS) is 11.2. The minimum absolute atomic E-state index is 0.128. The summed E-state index contributed by atoms with van der Waals surface area (Å²) >= 11 is 0. The summed E-state index contributed by atoms with van der Waals surface area (Å²) in [5.74, 6) is -0.405. The van der Waals surface area contributed by atoms with Crippen LogP contribution < -0.4 is 10.2 Å². The van der Waals surface area contributed by atoms with E-state index < -0.39 is 15.9 Å². The predicted octanol–water partition coefficient (Wildman–Crippen LogP) is 3.69. The molecule has 2 aromatic carbocycles. The van der Waals surface area contributed by atoms with E-state index in [9.17, 15) is 13.2 Å². The van der Waals surface area contributed by atoms with Crippen LogP contribution >= 0.6 is 0 Å². The van der Waals surface area contributed by atoms with Gasteiger partial charge in [-0.1, -0.05) is 19.9 Å². The van der Waals surface area contributed by atoms with Crippen molar-refractivity contribution in [2.75, 3.05) is 36.4 Å². The number of anilines is 2. The number of rotatable bonds is 9. The smallest absolute Gasteiger partial charge is 0.255 e. The molecule has 30 heavy (non-hydrogen) atoms. The molecule has 7 nitrogen and oxygen atoms in total. The van der Waals surface area contributed by atoms with E-state index in [-0.39, 0.29) is 4.90 Å². The molecule has 0 saturated carbocycles. The number of nitriles is 1. The second kappa shape index (κ2) is 10.2. The fourth-order valence-electron chi connectivity index (χ4n) is 3.25. The average molecular weight is 429 g/mol. The quantitative estimate of drug-likeness (QED) is 0.657. The third-order valence-corrected chi connectivity index (χ3v) is 6.96. The van der Waals surface area contributed by atoms with Gasteiger partial charge in [-0.05, 0) is 50.2 Å². The standard InChI is InChI=1S/C22H28N4O3S/c1-5-25(6-2)21-13-12-19(30(28,29)26(7-3)8-4)15-20(21)24-22(27)18-11-9-10-17(14-18)16-23/h9-15H,5-8H2,1-4H3,(H,24,27). The van der Waals surface area contributed by atoms with E-state index in [2.05, 4.69) is 5.32 Å². The van der Waals surface area contributed by atoms with Crippen LogP contribution in [-0.4, -0.2) is 44.8 Å². The minimum Gasteiger partial charge on any atom is -0.370 e. The fourth-order valence-corrected chi connectivity index (χ4v) is 4.74. The van der Waals surface area contributed by atoms with Gasteiger partial charge >= 0.3 is 0 Å².